The molecule has 1 heterocycles. The number of halogens is 2. The molecule has 0 atom stereocenters. The number of sulfonamides is 1. The Morgan fingerprint density at radius 1 is 1.03 bits per heavy atom. The SMILES string of the molecule is Cc1cc(/C=N/NC(=O)CN(c2cccc3ccccc23)S(C)(=O)=O)c(C)n1-c1ccc(Cl)c(Cl)c1. The maximum Gasteiger partial charge on any atom is 0.260 e. The number of nitrogens with one attached hydrogen (secondary N) is 1. The smallest absolute Gasteiger partial charge is 0.260 e. The Morgan fingerprint density at radius 3 is 2.47 bits per heavy atom. The van der Waals surface area contributed by atoms with E-state index in [9.17, 15) is 13.2 Å². The van der Waals surface area contributed by atoms with Gasteiger partial charge in [-0.25, -0.2) is 13.8 Å². The Bertz CT molecular complexity index is 1590. The molecule has 7 nitrogen and oxygen atoms in total. The quantitative estimate of drug-likeness (QED) is 0.248. The van der Waals surface area contributed by atoms with E-state index in [0.717, 1.165) is 44.0 Å². The van der Waals surface area contributed by atoms with Crippen molar-refractivity contribution in [3.63, 3.8) is 0 Å². The predicted octanol–water partition coefficient (Wildman–Crippen LogP) is 5.47. The Kier molecular flexibility index (Phi) is 7.40. The molecule has 0 bridgehead atoms. The molecule has 186 valence electrons. The number of hydrogen-bond acceptors (Lipinski definition) is 4. The average molecular weight is 543 g/mol. The molecule has 0 aliphatic heterocycles. The number of fused-ring (bicyclic) bond motifs is 1. The predicted molar refractivity (Wildman–Crippen MR) is 147 cm³/mol. The van der Waals surface area contributed by atoms with Crippen LogP contribution < -0.4 is 9.73 Å². The van der Waals surface area contributed by atoms with Crippen molar-refractivity contribution in [3.05, 3.63) is 93.7 Å². The lowest BCUT2D eigenvalue weighted by Gasteiger charge is -2.23. The molecule has 36 heavy (non-hydrogen) atoms. The van der Waals surface area contributed by atoms with Crippen LogP contribution in [0.2, 0.25) is 10.0 Å². The standard InChI is InChI=1S/C26H24Cl2N4O3S/c1-17-13-20(18(2)32(17)21-11-12-23(27)24(28)14-21)15-29-30-26(33)16-31(36(3,34)35)25-10-6-8-19-7-4-5-9-22(19)25/h4-15H,16H2,1-3H3,(H,30,33)/b29-15+. The van der Waals surface area contributed by atoms with Gasteiger partial charge in [0.1, 0.15) is 6.54 Å². The van der Waals surface area contributed by atoms with Gasteiger partial charge in [0.05, 0.1) is 28.2 Å². The molecule has 4 aromatic rings. The van der Waals surface area contributed by atoms with Gasteiger partial charge in [0.25, 0.3) is 5.91 Å². The number of carbonyl (C=O) groups excluding carboxylic acids is 1. The van der Waals surface area contributed by atoms with E-state index < -0.39 is 22.5 Å². The van der Waals surface area contributed by atoms with Crippen molar-refractivity contribution in [2.45, 2.75) is 13.8 Å². The van der Waals surface area contributed by atoms with E-state index in [4.69, 9.17) is 23.2 Å². The zero-order valence-corrected chi connectivity index (χ0v) is 22.2. The average Bonchev–Trinajstić information content (AvgIpc) is 3.11. The van der Waals surface area contributed by atoms with Crippen molar-refractivity contribution in [1.82, 2.24) is 9.99 Å². The summed E-state index contributed by atoms with van der Waals surface area (Å²) in [6.07, 6.45) is 2.60. The molecule has 0 saturated carbocycles. The first kappa shape index (κ1) is 25.8. The van der Waals surface area contributed by atoms with Gasteiger partial charge in [-0.1, -0.05) is 59.6 Å². The number of hydrazone groups is 1. The molecular weight excluding hydrogens is 519 g/mol. The van der Waals surface area contributed by atoms with Crippen LogP contribution in [0, 0.1) is 13.8 Å². The van der Waals surface area contributed by atoms with Gasteiger partial charge in [-0.2, -0.15) is 5.10 Å². The molecule has 0 aliphatic rings. The molecule has 0 saturated heterocycles. The van der Waals surface area contributed by atoms with Crippen molar-refractivity contribution >= 4 is 61.8 Å². The molecule has 4 rings (SSSR count). The highest BCUT2D eigenvalue weighted by Crippen LogP contribution is 2.29. The first-order chi connectivity index (χ1) is 17.1. The van der Waals surface area contributed by atoms with Gasteiger partial charge in [0.2, 0.25) is 10.0 Å². The van der Waals surface area contributed by atoms with E-state index in [0.29, 0.717) is 15.7 Å². The van der Waals surface area contributed by atoms with Crippen molar-refractivity contribution < 1.29 is 13.2 Å². The maximum atomic E-state index is 12.7. The van der Waals surface area contributed by atoms with Crippen LogP contribution in [0.4, 0.5) is 5.69 Å². The van der Waals surface area contributed by atoms with Crippen LogP contribution in [-0.4, -0.2) is 37.9 Å². The summed E-state index contributed by atoms with van der Waals surface area (Å²) in [4.78, 5) is 12.7. The second-order valence-corrected chi connectivity index (χ2v) is 11.0. The van der Waals surface area contributed by atoms with Crippen LogP contribution in [0.25, 0.3) is 16.5 Å². The molecule has 1 N–H and O–H groups in total. The van der Waals surface area contributed by atoms with Crippen LogP contribution in [0.1, 0.15) is 17.0 Å². The number of nitrogens with zero attached hydrogens (tertiary/aromatic N) is 3. The third-order valence-corrected chi connectivity index (χ3v) is 7.61. The molecule has 10 heteroatoms. The number of benzene rings is 3. The maximum absolute atomic E-state index is 12.7. The third-order valence-electron chi connectivity index (χ3n) is 5.75. The minimum Gasteiger partial charge on any atom is -0.318 e. The molecule has 1 amide bonds. The highest BCUT2D eigenvalue weighted by molar-refractivity contribution is 7.92. The summed E-state index contributed by atoms with van der Waals surface area (Å²) >= 11 is 12.2. The highest BCUT2D eigenvalue weighted by atomic mass is 35.5. The fraction of sp³-hybridized carbons (Fsp3) is 0.154. The van der Waals surface area contributed by atoms with E-state index >= 15 is 0 Å². The highest BCUT2D eigenvalue weighted by Gasteiger charge is 2.22. The first-order valence-corrected chi connectivity index (χ1v) is 13.6. The molecular formula is C26H24Cl2N4O3S. The van der Waals surface area contributed by atoms with Crippen LogP contribution in [0.15, 0.2) is 71.8 Å². The largest absolute Gasteiger partial charge is 0.318 e. The van der Waals surface area contributed by atoms with E-state index in [1.807, 2.05) is 60.9 Å². The van der Waals surface area contributed by atoms with Crippen LogP contribution in [-0.2, 0) is 14.8 Å². The monoisotopic (exact) mass is 542 g/mol. The van der Waals surface area contributed by atoms with E-state index in [2.05, 4.69) is 10.5 Å². The fourth-order valence-corrected chi connectivity index (χ4v) is 5.25. The Hall–Kier alpha value is -3.33. The number of aryl methyl sites for hydroxylation is 1. The van der Waals surface area contributed by atoms with Gasteiger partial charge in [-0.3, -0.25) is 9.10 Å². The zero-order valence-electron chi connectivity index (χ0n) is 19.9. The second kappa shape index (κ2) is 10.3. The summed E-state index contributed by atoms with van der Waals surface area (Å²) in [5.74, 6) is -0.567. The molecule has 3 aromatic carbocycles. The van der Waals surface area contributed by atoms with E-state index in [-0.39, 0.29) is 0 Å². The zero-order chi connectivity index (χ0) is 26.0. The van der Waals surface area contributed by atoms with Gasteiger partial charge in [0, 0.05) is 28.0 Å². The summed E-state index contributed by atoms with van der Waals surface area (Å²) < 4.78 is 28.2. The number of rotatable bonds is 7. The van der Waals surface area contributed by atoms with Gasteiger partial charge in [0.15, 0.2) is 0 Å². The molecule has 0 unspecified atom stereocenters. The number of anilines is 1. The summed E-state index contributed by atoms with van der Waals surface area (Å²) in [6, 6.07) is 20.0. The normalized spacial score (nSPS) is 11.8. The minimum absolute atomic E-state index is 0.410. The summed E-state index contributed by atoms with van der Waals surface area (Å²) in [6.45, 7) is 3.46. The lowest BCUT2D eigenvalue weighted by molar-refractivity contribution is -0.119. The van der Waals surface area contributed by atoms with E-state index in [1.165, 1.54) is 6.21 Å². The Labute approximate surface area is 220 Å². The van der Waals surface area contributed by atoms with Gasteiger partial charge in [-0.15, -0.1) is 0 Å². The fourth-order valence-electron chi connectivity index (χ4n) is 4.09. The van der Waals surface area contributed by atoms with Crippen molar-refractivity contribution in [2.24, 2.45) is 5.10 Å². The Balaban J connectivity index is 1.53. The lowest BCUT2D eigenvalue weighted by Crippen LogP contribution is -2.39. The van der Waals surface area contributed by atoms with Crippen LogP contribution >= 0.6 is 23.2 Å². The summed E-state index contributed by atoms with van der Waals surface area (Å²) in [7, 11) is -3.73. The van der Waals surface area contributed by atoms with Crippen molar-refractivity contribution in [2.75, 3.05) is 17.1 Å². The van der Waals surface area contributed by atoms with Gasteiger partial charge in [-0.05, 0) is 49.6 Å². The van der Waals surface area contributed by atoms with Crippen LogP contribution in [0.5, 0.6) is 0 Å². The number of aromatic nitrogens is 1. The number of hydrogen-bond donors (Lipinski definition) is 1. The van der Waals surface area contributed by atoms with Gasteiger partial charge >= 0.3 is 0 Å². The minimum atomic E-state index is -3.73. The lowest BCUT2D eigenvalue weighted by atomic mass is 10.1. The summed E-state index contributed by atoms with van der Waals surface area (Å²) in [5, 5.41) is 6.60. The molecule has 0 spiro atoms. The first-order valence-electron chi connectivity index (χ1n) is 11.0. The molecule has 0 aliphatic carbocycles. The molecule has 1 aromatic heterocycles. The van der Waals surface area contributed by atoms with Crippen LogP contribution in [0.3, 0.4) is 0 Å². The molecule has 0 fully saturated rings. The topological polar surface area (TPSA) is 83.8 Å². The third kappa shape index (κ3) is 5.41. The number of amides is 1. The van der Waals surface area contributed by atoms with Crippen molar-refractivity contribution in [1.29, 1.82) is 0 Å². The molecule has 0 radical (unpaired) electrons. The Morgan fingerprint density at radius 2 is 1.75 bits per heavy atom. The van der Waals surface area contributed by atoms with Crippen molar-refractivity contribution in [3.8, 4) is 5.69 Å². The van der Waals surface area contributed by atoms with Gasteiger partial charge < -0.3 is 4.57 Å². The second-order valence-electron chi connectivity index (χ2n) is 8.32. The van der Waals surface area contributed by atoms with E-state index in [1.54, 1.807) is 24.3 Å². The number of carbonyl (C=O) groups is 1. The summed E-state index contributed by atoms with van der Waals surface area (Å²) in [5.41, 5.74) is 6.33.